The van der Waals surface area contributed by atoms with Crippen LogP contribution < -0.4 is 4.74 Å². The summed E-state index contributed by atoms with van der Waals surface area (Å²) in [6, 6.07) is 3.99. The van der Waals surface area contributed by atoms with E-state index >= 15 is 0 Å². The van der Waals surface area contributed by atoms with E-state index in [9.17, 15) is 4.79 Å². The molecule has 1 fully saturated rings. The van der Waals surface area contributed by atoms with E-state index in [1.807, 2.05) is 4.90 Å². The average molecular weight is 312 g/mol. The van der Waals surface area contributed by atoms with E-state index in [0.717, 1.165) is 24.8 Å². The van der Waals surface area contributed by atoms with Gasteiger partial charge in [0.1, 0.15) is 6.10 Å². The summed E-state index contributed by atoms with van der Waals surface area (Å²) < 4.78 is 5.82. The van der Waals surface area contributed by atoms with Crippen LogP contribution >= 0.6 is 0 Å². The van der Waals surface area contributed by atoms with Crippen LogP contribution in [0.25, 0.3) is 0 Å². The van der Waals surface area contributed by atoms with Crippen molar-refractivity contribution in [1.82, 2.24) is 19.9 Å². The fourth-order valence-electron chi connectivity index (χ4n) is 2.58. The first kappa shape index (κ1) is 15.4. The van der Waals surface area contributed by atoms with Gasteiger partial charge < -0.3 is 9.64 Å². The Morgan fingerprint density at radius 3 is 2.61 bits per heavy atom. The lowest BCUT2D eigenvalue weighted by atomic mass is 10.1. The third kappa shape index (κ3) is 3.83. The Morgan fingerprint density at radius 2 is 2.00 bits per heavy atom. The zero-order valence-electron chi connectivity index (χ0n) is 13.2. The zero-order valence-corrected chi connectivity index (χ0v) is 13.2. The number of hydrogen-bond acceptors (Lipinski definition) is 5. The van der Waals surface area contributed by atoms with E-state index in [-0.39, 0.29) is 12.0 Å². The maximum absolute atomic E-state index is 12.4. The van der Waals surface area contributed by atoms with Crippen molar-refractivity contribution in [3.63, 3.8) is 0 Å². The minimum atomic E-state index is 0.0279. The highest BCUT2D eigenvalue weighted by Crippen LogP contribution is 2.17. The number of nitrogens with zero attached hydrogens (tertiary/aromatic N) is 4. The summed E-state index contributed by atoms with van der Waals surface area (Å²) in [5.74, 6) is 0.0279. The normalized spacial score (nSPS) is 15.4. The van der Waals surface area contributed by atoms with Crippen molar-refractivity contribution in [2.24, 2.45) is 0 Å². The van der Waals surface area contributed by atoms with Crippen molar-refractivity contribution in [2.75, 3.05) is 13.1 Å². The number of aromatic nitrogens is 3. The molecule has 0 aliphatic carbocycles. The average Bonchev–Trinajstić information content (AvgIpc) is 2.63. The maximum Gasteiger partial charge on any atom is 0.316 e. The van der Waals surface area contributed by atoms with Crippen LogP contribution in [0.5, 0.6) is 6.01 Å². The van der Waals surface area contributed by atoms with E-state index < -0.39 is 0 Å². The lowest BCUT2D eigenvalue weighted by Gasteiger charge is -2.31. The van der Waals surface area contributed by atoms with E-state index in [0.29, 0.717) is 24.7 Å². The topological polar surface area (TPSA) is 68.2 Å². The summed E-state index contributed by atoms with van der Waals surface area (Å²) in [6.45, 7) is 3.41. The number of carbonyl (C=O) groups is 1. The van der Waals surface area contributed by atoms with Gasteiger partial charge >= 0.3 is 6.01 Å². The summed E-state index contributed by atoms with van der Waals surface area (Å²) in [5, 5.41) is 0. The van der Waals surface area contributed by atoms with Crippen molar-refractivity contribution in [3.05, 3.63) is 48.0 Å². The van der Waals surface area contributed by atoms with E-state index in [4.69, 9.17) is 4.74 Å². The highest BCUT2D eigenvalue weighted by molar-refractivity contribution is 5.93. The third-order valence-corrected chi connectivity index (χ3v) is 4.00. The molecule has 6 nitrogen and oxygen atoms in total. The second-order valence-electron chi connectivity index (χ2n) is 5.58. The highest BCUT2D eigenvalue weighted by atomic mass is 16.5. The number of carbonyl (C=O) groups excluding carboxylic acids is 1. The second kappa shape index (κ2) is 7.17. The Balaban J connectivity index is 1.53. The molecule has 0 radical (unpaired) electrons. The third-order valence-electron chi connectivity index (χ3n) is 4.00. The van der Waals surface area contributed by atoms with Crippen LogP contribution in [-0.2, 0) is 6.42 Å². The molecule has 1 aliphatic heterocycles. The van der Waals surface area contributed by atoms with Gasteiger partial charge in [-0.1, -0.05) is 6.92 Å². The first-order valence-electron chi connectivity index (χ1n) is 7.93. The molecule has 23 heavy (non-hydrogen) atoms. The Labute approximate surface area is 135 Å². The predicted molar refractivity (Wildman–Crippen MR) is 85.2 cm³/mol. The number of ether oxygens (including phenoxy) is 1. The molecular weight excluding hydrogens is 292 g/mol. The van der Waals surface area contributed by atoms with Gasteiger partial charge in [-0.15, -0.1) is 0 Å². The van der Waals surface area contributed by atoms with Gasteiger partial charge in [0.2, 0.25) is 0 Å². The summed E-state index contributed by atoms with van der Waals surface area (Å²) in [6.07, 6.45) is 9.40. The van der Waals surface area contributed by atoms with Gasteiger partial charge in [0.15, 0.2) is 0 Å². The minimum Gasteiger partial charge on any atom is -0.460 e. The Kier molecular flexibility index (Phi) is 4.80. The molecule has 3 heterocycles. The summed E-state index contributed by atoms with van der Waals surface area (Å²) in [5.41, 5.74) is 1.72. The van der Waals surface area contributed by atoms with Crippen molar-refractivity contribution < 1.29 is 9.53 Å². The molecule has 0 atom stereocenters. The van der Waals surface area contributed by atoms with Gasteiger partial charge in [-0.2, -0.15) is 0 Å². The molecular formula is C17H20N4O2. The Hall–Kier alpha value is -2.50. The Morgan fingerprint density at radius 1 is 1.26 bits per heavy atom. The first-order chi connectivity index (χ1) is 11.3. The molecule has 0 saturated carbocycles. The molecule has 0 spiro atoms. The fraction of sp³-hybridized carbons (Fsp3) is 0.412. The number of aryl methyl sites for hydroxylation is 1. The SMILES string of the molecule is CCc1cnc(OC2CCN(C(=O)c3cccnc3)CC2)nc1. The molecule has 0 bridgehead atoms. The van der Waals surface area contributed by atoms with Gasteiger partial charge in [0.05, 0.1) is 5.56 Å². The molecule has 1 amide bonds. The number of hydrogen-bond donors (Lipinski definition) is 0. The van der Waals surface area contributed by atoms with Crippen LogP contribution in [0.2, 0.25) is 0 Å². The van der Waals surface area contributed by atoms with Crippen LogP contribution in [0, 0.1) is 0 Å². The van der Waals surface area contributed by atoms with Gasteiger partial charge in [-0.3, -0.25) is 9.78 Å². The van der Waals surface area contributed by atoms with Crippen LogP contribution in [0.3, 0.4) is 0 Å². The summed E-state index contributed by atoms with van der Waals surface area (Å²) in [7, 11) is 0. The first-order valence-corrected chi connectivity index (χ1v) is 7.93. The standard InChI is InChI=1S/C17H20N4O2/c1-2-13-10-19-17(20-11-13)23-15-5-8-21(9-6-15)16(22)14-4-3-7-18-12-14/h3-4,7,10-12,15H,2,5-6,8-9H2,1H3. The second-order valence-corrected chi connectivity index (χ2v) is 5.58. The number of likely N-dealkylation sites (tertiary alicyclic amines) is 1. The molecule has 2 aromatic rings. The van der Waals surface area contributed by atoms with Gasteiger partial charge in [0.25, 0.3) is 5.91 Å². The molecule has 3 rings (SSSR count). The molecule has 1 aliphatic rings. The quantitative estimate of drug-likeness (QED) is 0.865. The smallest absolute Gasteiger partial charge is 0.316 e. The lowest BCUT2D eigenvalue weighted by Crippen LogP contribution is -2.42. The van der Waals surface area contributed by atoms with E-state index in [1.54, 1.807) is 36.9 Å². The zero-order chi connectivity index (χ0) is 16.1. The highest BCUT2D eigenvalue weighted by Gasteiger charge is 2.25. The van der Waals surface area contributed by atoms with Gasteiger partial charge in [-0.05, 0) is 24.1 Å². The monoisotopic (exact) mass is 312 g/mol. The van der Waals surface area contributed by atoms with Crippen LogP contribution in [-0.4, -0.2) is 45.0 Å². The van der Waals surface area contributed by atoms with Crippen LogP contribution in [0.4, 0.5) is 0 Å². The number of amides is 1. The number of piperidine rings is 1. The molecule has 0 unspecified atom stereocenters. The van der Waals surface area contributed by atoms with Crippen molar-refractivity contribution in [3.8, 4) is 6.01 Å². The summed E-state index contributed by atoms with van der Waals surface area (Å²) >= 11 is 0. The molecule has 6 heteroatoms. The predicted octanol–water partition coefficient (Wildman–Crippen LogP) is 2.12. The number of pyridine rings is 1. The molecule has 120 valence electrons. The molecule has 0 aromatic carbocycles. The molecule has 1 saturated heterocycles. The van der Waals surface area contributed by atoms with Crippen molar-refractivity contribution >= 4 is 5.91 Å². The van der Waals surface area contributed by atoms with Crippen molar-refractivity contribution in [1.29, 1.82) is 0 Å². The van der Waals surface area contributed by atoms with Crippen molar-refractivity contribution in [2.45, 2.75) is 32.3 Å². The summed E-state index contributed by atoms with van der Waals surface area (Å²) in [4.78, 5) is 26.6. The maximum atomic E-state index is 12.4. The van der Waals surface area contributed by atoms with E-state index in [1.165, 1.54) is 0 Å². The van der Waals surface area contributed by atoms with Crippen LogP contribution in [0.15, 0.2) is 36.9 Å². The number of rotatable bonds is 4. The molecule has 2 aromatic heterocycles. The minimum absolute atomic E-state index is 0.0279. The fourth-order valence-corrected chi connectivity index (χ4v) is 2.58. The van der Waals surface area contributed by atoms with Gasteiger partial charge in [-0.25, -0.2) is 9.97 Å². The largest absolute Gasteiger partial charge is 0.460 e. The molecule has 0 N–H and O–H groups in total. The van der Waals surface area contributed by atoms with Gasteiger partial charge in [0, 0.05) is 50.7 Å². The van der Waals surface area contributed by atoms with E-state index in [2.05, 4.69) is 21.9 Å². The lowest BCUT2D eigenvalue weighted by molar-refractivity contribution is 0.0578. The Bertz CT molecular complexity index is 637. The van der Waals surface area contributed by atoms with Crippen LogP contribution in [0.1, 0.15) is 35.7 Å².